The minimum atomic E-state index is -0.276. The molecule has 0 unspecified atom stereocenters. The van der Waals surface area contributed by atoms with Crippen molar-refractivity contribution >= 4 is 35.5 Å². The Labute approximate surface area is 224 Å². The Morgan fingerprint density at radius 1 is 1.03 bits per heavy atom. The number of hydrogen-bond acceptors (Lipinski definition) is 4. The summed E-state index contributed by atoms with van der Waals surface area (Å²) in [4.78, 5) is 19.6. The molecule has 1 atom stereocenters. The van der Waals surface area contributed by atoms with Gasteiger partial charge in [0.2, 0.25) is 0 Å². The van der Waals surface area contributed by atoms with Crippen LogP contribution in [0.15, 0.2) is 53.9 Å². The smallest absolute Gasteiger partial charge is 0.254 e. The number of carbonyl (C=O) groups excluding carboxylic acids is 1. The maximum absolute atomic E-state index is 12.9. The number of thiazole rings is 1. The molecule has 2 aliphatic rings. The first-order valence-electron chi connectivity index (χ1n) is 12.9. The summed E-state index contributed by atoms with van der Waals surface area (Å²) in [6.07, 6.45) is 11.1. The van der Waals surface area contributed by atoms with Gasteiger partial charge in [0.05, 0.1) is 11.7 Å². The van der Waals surface area contributed by atoms with Crippen LogP contribution in [0.1, 0.15) is 67.3 Å². The number of likely N-dealkylation sites (tertiary alicyclic amines) is 1. The summed E-state index contributed by atoms with van der Waals surface area (Å²) >= 11 is 1.63. The van der Waals surface area contributed by atoms with Crippen LogP contribution in [0.4, 0.5) is 0 Å². The Morgan fingerprint density at radius 2 is 1.81 bits per heavy atom. The van der Waals surface area contributed by atoms with E-state index in [-0.39, 0.29) is 30.2 Å². The lowest BCUT2D eigenvalue weighted by molar-refractivity contribution is 0.0769. The van der Waals surface area contributed by atoms with Gasteiger partial charge in [0.25, 0.3) is 5.91 Å². The van der Waals surface area contributed by atoms with E-state index < -0.39 is 0 Å². The van der Waals surface area contributed by atoms with Gasteiger partial charge < -0.3 is 10.6 Å². The molecule has 5 rings (SSSR count). The van der Waals surface area contributed by atoms with Crippen molar-refractivity contribution in [3.63, 3.8) is 0 Å². The number of amidine groups is 1. The second kappa shape index (κ2) is 12.0. The predicted octanol–water partition coefficient (Wildman–Crippen LogP) is 6.95. The fourth-order valence-electron chi connectivity index (χ4n) is 5.53. The average molecular weight is 523 g/mol. The van der Waals surface area contributed by atoms with E-state index in [4.69, 9.17) is 16.1 Å². The first kappa shape index (κ1) is 26.4. The Hall–Kier alpha value is -2.70. The molecule has 0 bridgehead atoms. The van der Waals surface area contributed by atoms with E-state index in [1.54, 1.807) is 16.2 Å². The summed E-state index contributed by atoms with van der Waals surface area (Å²) in [5, 5.41) is 10.8. The van der Waals surface area contributed by atoms with Gasteiger partial charge in [-0.15, -0.1) is 23.7 Å². The predicted molar refractivity (Wildman–Crippen MR) is 151 cm³/mol. The molecule has 2 fully saturated rings. The average Bonchev–Trinajstić information content (AvgIpc) is 3.59. The van der Waals surface area contributed by atoms with Crippen molar-refractivity contribution in [3.05, 3.63) is 65.0 Å². The Balaban J connectivity index is 0.00000304. The highest BCUT2D eigenvalue weighted by Crippen LogP contribution is 2.31. The van der Waals surface area contributed by atoms with Crippen LogP contribution in [0.2, 0.25) is 0 Å². The van der Waals surface area contributed by atoms with Crippen molar-refractivity contribution in [1.82, 2.24) is 9.88 Å². The normalized spacial score (nSPS) is 18.1. The zero-order valence-electron chi connectivity index (χ0n) is 20.6. The first-order chi connectivity index (χ1) is 17.1. The van der Waals surface area contributed by atoms with E-state index in [0.717, 1.165) is 41.4 Å². The van der Waals surface area contributed by atoms with Crippen molar-refractivity contribution in [2.45, 2.75) is 63.8 Å². The Kier molecular flexibility index (Phi) is 8.81. The lowest BCUT2D eigenvalue weighted by Crippen LogP contribution is -2.43. The number of nitrogens with zero attached hydrogens (tertiary/aromatic N) is 2. The van der Waals surface area contributed by atoms with E-state index in [1.165, 1.54) is 49.7 Å². The molecule has 1 saturated carbocycles. The third-order valence-electron chi connectivity index (χ3n) is 7.54. The number of carbonyl (C=O) groups is 1. The van der Waals surface area contributed by atoms with Gasteiger partial charge in [0.1, 0.15) is 10.8 Å². The van der Waals surface area contributed by atoms with Crippen LogP contribution in [0.25, 0.3) is 21.8 Å². The topological polar surface area (TPSA) is 83.1 Å². The van der Waals surface area contributed by atoms with Gasteiger partial charge in [0.15, 0.2) is 0 Å². The van der Waals surface area contributed by atoms with Gasteiger partial charge in [-0.05, 0) is 55.4 Å². The van der Waals surface area contributed by atoms with Crippen molar-refractivity contribution in [2.24, 2.45) is 11.7 Å². The number of nitrogens with two attached hydrogens (primary N) is 1. The fraction of sp³-hybridized carbons (Fsp3) is 0.414. The van der Waals surface area contributed by atoms with E-state index in [9.17, 15) is 4.79 Å². The summed E-state index contributed by atoms with van der Waals surface area (Å²) in [5.74, 6) is 0.909. The van der Waals surface area contributed by atoms with Crippen LogP contribution in [-0.2, 0) is 6.42 Å². The second-order valence-electron chi connectivity index (χ2n) is 9.97. The van der Waals surface area contributed by atoms with Crippen LogP contribution >= 0.6 is 23.7 Å². The molecule has 5 nitrogen and oxygen atoms in total. The Morgan fingerprint density at radius 3 is 2.56 bits per heavy atom. The van der Waals surface area contributed by atoms with Gasteiger partial charge in [-0.3, -0.25) is 10.2 Å². The van der Waals surface area contributed by atoms with Gasteiger partial charge in [0, 0.05) is 28.6 Å². The van der Waals surface area contributed by atoms with Crippen LogP contribution in [0.3, 0.4) is 0 Å². The molecule has 3 aromatic rings. The number of benzene rings is 2. The summed E-state index contributed by atoms with van der Waals surface area (Å²) in [6.45, 7) is 0.653. The van der Waals surface area contributed by atoms with E-state index in [1.807, 2.05) is 24.3 Å². The van der Waals surface area contributed by atoms with Gasteiger partial charge >= 0.3 is 0 Å². The van der Waals surface area contributed by atoms with Crippen LogP contribution in [-0.4, -0.2) is 34.2 Å². The summed E-state index contributed by atoms with van der Waals surface area (Å²) < 4.78 is 0. The van der Waals surface area contributed by atoms with E-state index >= 15 is 0 Å². The largest absolute Gasteiger partial charge is 0.386 e. The molecule has 1 aromatic heterocycles. The molecule has 1 amide bonds. The second-order valence-corrected chi connectivity index (χ2v) is 10.8. The highest BCUT2D eigenvalue weighted by Gasteiger charge is 2.31. The monoisotopic (exact) mass is 522 g/mol. The molecule has 1 aliphatic heterocycles. The SMILES string of the molecule is Cl.N=C(N)[C@@H]1CCCN1C(=O)c1ccc(-c2nc(-c3cccc(CCC4CCCCC4)c3)cs2)cc1. The van der Waals surface area contributed by atoms with Crippen molar-refractivity contribution in [3.8, 4) is 21.8 Å². The number of nitrogens with one attached hydrogen (secondary N) is 1. The molecule has 0 radical (unpaired) electrons. The number of rotatable bonds is 7. The summed E-state index contributed by atoms with van der Waals surface area (Å²) in [5.41, 5.74) is 10.9. The van der Waals surface area contributed by atoms with Crippen molar-refractivity contribution < 1.29 is 4.79 Å². The van der Waals surface area contributed by atoms with Crippen LogP contribution in [0.5, 0.6) is 0 Å². The maximum Gasteiger partial charge on any atom is 0.254 e. The zero-order valence-corrected chi connectivity index (χ0v) is 22.3. The van der Waals surface area contributed by atoms with E-state index in [2.05, 4.69) is 29.6 Å². The first-order valence-corrected chi connectivity index (χ1v) is 13.8. The molecular formula is C29H35ClN4OS. The van der Waals surface area contributed by atoms with Crippen LogP contribution < -0.4 is 5.73 Å². The lowest BCUT2D eigenvalue weighted by atomic mass is 9.85. The van der Waals surface area contributed by atoms with Crippen molar-refractivity contribution in [2.75, 3.05) is 6.54 Å². The highest BCUT2D eigenvalue weighted by molar-refractivity contribution is 7.13. The van der Waals surface area contributed by atoms with Gasteiger partial charge in [-0.1, -0.05) is 62.4 Å². The summed E-state index contributed by atoms with van der Waals surface area (Å²) in [6, 6.07) is 16.2. The lowest BCUT2D eigenvalue weighted by Gasteiger charge is -2.23. The fourth-order valence-corrected chi connectivity index (χ4v) is 6.36. The van der Waals surface area contributed by atoms with E-state index in [0.29, 0.717) is 12.1 Å². The number of halogens is 1. The zero-order chi connectivity index (χ0) is 24.2. The molecule has 2 heterocycles. The quantitative estimate of drug-likeness (QED) is 0.260. The Bertz CT molecular complexity index is 1190. The minimum absolute atomic E-state index is 0. The molecule has 2 aromatic carbocycles. The molecule has 1 aliphatic carbocycles. The van der Waals surface area contributed by atoms with Gasteiger partial charge in [-0.25, -0.2) is 4.98 Å². The standard InChI is InChI=1S/C29H34N4OS.ClH/c30-27(31)26-10-5-17-33(26)29(34)23-15-13-22(14-16-23)28-32-25(19-35-28)24-9-4-8-21(18-24)12-11-20-6-2-1-3-7-20;/h4,8-9,13-16,18-20,26H,1-3,5-7,10-12,17H2,(H3,30,31);1H/t26-;/m0./s1. The molecule has 7 heteroatoms. The number of aromatic nitrogens is 1. The number of amides is 1. The molecule has 1 saturated heterocycles. The van der Waals surface area contributed by atoms with Crippen LogP contribution in [0, 0.1) is 11.3 Å². The van der Waals surface area contributed by atoms with Gasteiger partial charge in [-0.2, -0.15) is 0 Å². The summed E-state index contributed by atoms with van der Waals surface area (Å²) in [7, 11) is 0. The van der Waals surface area contributed by atoms with Crippen molar-refractivity contribution in [1.29, 1.82) is 5.41 Å². The molecule has 190 valence electrons. The number of hydrogen-bond donors (Lipinski definition) is 2. The minimum Gasteiger partial charge on any atom is -0.386 e. The molecule has 3 N–H and O–H groups in total. The molecule has 36 heavy (non-hydrogen) atoms. The third kappa shape index (κ3) is 5.98. The molecular weight excluding hydrogens is 488 g/mol. The third-order valence-corrected chi connectivity index (χ3v) is 8.44. The molecule has 0 spiro atoms. The maximum atomic E-state index is 12.9. The highest BCUT2D eigenvalue weighted by atomic mass is 35.5. The number of aryl methyl sites for hydroxylation is 1.